The number of aromatic nitrogens is 2. The highest BCUT2D eigenvalue weighted by Gasteiger charge is 2.28. The van der Waals surface area contributed by atoms with Crippen molar-refractivity contribution in [1.29, 1.82) is 0 Å². The van der Waals surface area contributed by atoms with Crippen molar-refractivity contribution in [2.45, 2.75) is 98.4 Å². The van der Waals surface area contributed by atoms with Gasteiger partial charge in [-0.15, -0.1) is 0 Å². The van der Waals surface area contributed by atoms with E-state index in [4.69, 9.17) is 9.47 Å². The molecule has 0 aromatic carbocycles. The van der Waals surface area contributed by atoms with E-state index in [9.17, 15) is 9.59 Å². The van der Waals surface area contributed by atoms with E-state index in [1.807, 2.05) is 6.92 Å². The summed E-state index contributed by atoms with van der Waals surface area (Å²) in [7, 11) is 0. The molecule has 0 amide bonds. The molecule has 6 heteroatoms. The highest BCUT2D eigenvalue weighted by Crippen LogP contribution is 2.20. The third-order valence-electron chi connectivity index (χ3n) is 5.86. The minimum absolute atomic E-state index is 0.0357. The molecule has 0 N–H and O–H groups in total. The summed E-state index contributed by atoms with van der Waals surface area (Å²) in [6.45, 7) is 11.2. The van der Waals surface area contributed by atoms with Crippen LogP contribution < -0.4 is 0 Å². The van der Waals surface area contributed by atoms with E-state index in [0.29, 0.717) is 30.9 Å². The number of imidazole rings is 1. The molecule has 30 heavy (non-hydrogen) atoms. The lowest BCUT2D eigenvalue weighted by Gasteiger charge is -2.21. The summed E-state index contributed by atoms with van der Waals surface area (Å²) in [5, 5.41) is 0. The number of unbranched alkanes of at least 4 members (excludes halogenated alkanes) is 2. The average Bonchev–Trinajstić information content (AvgIpc) is 3.17. The predicted molar refractivity (Wildman–Crippen MR) is 119 cm³/mol. The molecule has 0 bridgehead atoms. The Morgan fingerprint density at radius 2 is 1.53 bits per heavy atom. The molecule has 0 fully saturated rings. The number of rotatable bonds is 16. The van der Waals surface area contributed by atoms with E-state index in [1.165, 1.54) is 0 Å². The Balaban J connectivity index is 2.71. The minimum Gasteiger partial charge on any atom is -0.465 e. The van der Waals surface area contributed by atoms with Gasteiger partial charge in [0.1, 0.15) is 11.9 Å². The van der Waals surface area contributed by atoms with Crippen molar-refractivity contribution in [1.82, 2.24) is 9.55 Å². The summed E-state index contributed by atoms with van der Waals surface area (Å²) in [4.78, 5) is 29.6. The Morgan fingerprint density at radius 1 is 0.967 bits per heavy atom. The first-order valence-electron chi connectivity index (χ1n) is 11.8. The number of carbonyl (C=O) groups is 2. The molecule has 0 saturated heterocycles. The molecule has 6 nitrogen and oxygen atoms in total. The van der Waals surface area contributed by atoms with Gasteiger partial charge in [-0.3, -0.25) is 4.79 Å². The third kappa shape index (κ3) is 9.31. The Hall–Kier alpha value is -1.85. The number of nitrogens with zero attached hydrogens (tertiary/aromatic N) is 2. The van der Waals surface area contributed by atoms with Crippen molar-refractivity contribution in [3.8, 4) is 0 Å². The number of esters is 2. The van der Waals surface area contributed by atoms with Crippen LogP contribution in [0.1, 0.15) is 97.3 Å². The first-order valence-corrected chi connectivity index (χ1v) is 11.8. The molecule has 1 heterocycles. The van der Waals surface area contributed by atoms with Crippen molar-refractivity contribution in [2.24, 2.45) is 11.8 Å². The predicted octanol–water partition coefficient (Wildman–Crippen LogP) is 5.64. The smallest absolute Gasteiger partial charge is 0.329 e. The molecule has 0 aliphatic rings. The van der Waals surface area contributed by atoms with E-state index in [1.54, 1.807) is 17.0 Å². The lowest BCUT2D eigenvalue weighted by molar-refractivity contribution is -0.156. The third-order valence-corrected chi connectivity index (χ3v) is 5.86. The van der Waals surface area contributed by atoms with Crippen molar-refractivity contribution < 1.29 is 19.1 Å². The summed E-state index contributed by atoms with van der Waals surface area (Å²) in [6.07, 6.45) is 11.9. The standard InChI is InChI=1S/C24H42N2O4/c1-6-10-12-20(8-3)17-29-23(27)16-22(26-15-14-25-19(26)5)24(28)30-18-21(9-4)13-11-7-2/h14-15,20-22H,6-13,16-18H2,1-5H3. The molecule has 3 atom stereocenters. The first-order chi connectivity index (χ1) is 14.5. The van der Waals surface area contributed by atoms with Gasteiger partial charge in [0.05, 0.1) is 19.6 Å². The fraction of sp³-hybridized carbons (Fsp3) is 0.792. The molecule has 1 aromatic rings. The van der Waals surface area contributed by atoms with Crippen molar-refractivity contribution in [3.63, 3.8) is 0 Å². The Labute approximate surface area is 182 Å². The molecule has 0 radical (unpaired) electrons. The van der Waals surface area contributed by atoms with E-state index in [2.05, 4.69) is 32.7 Å². The molecule has 3 unspecified atom stereocenters. The van der Waals surface area contributed by atoms with Crippen molar-refractivity contribution in [2.75, 3.05) is 13.2 Å². The van der Waals surface area contributed by atoms with Crippen LogP contribution in [0.4, 0.5) is 0 Å². The number of hydrogen-bond acceptors (Lipinski definition) is 5. The van der Waals surface area contributed by atoms with Gasteiger partial charge in [0, 0.05) is 12.4 Å². The van der Waals surface area contributed by atoms with E-state index >= 15 is 0 Å². The summed E-state index contributed by atoms with van der Waals surface area (Å²) < 4.78 is 12.9. The van der Waals surface area contributed by atoms with Gasteiger partial charge in [-0.05, 0) is 31.6 Å². The highest BCUT2D eigenvalue weighted by atomic mass is 16.5. The molecule has 172 valence electrons. The van der Waals surface area contributed by atoms with Crippen LogP contribution in [-0.4, -0.2) is 34.7 Å². The van der Waals surface area contributed by atoms with Crippen LogP contribution in [0, 0.1) is 18.8 Å². The first kappa shape index (κ1) is 26.2. The van der Waals surface area contributed by atoms with Gasteiger partial charge >= 0.3 is 11.9 Å². The number of aryl methyl sites for hydroxylation is 1. The van der Waals surface area contributed by atoms with Gasteiger partial charge < -0.3 is 14.0 Å². The average molecular weight is 423 g/mol. The van der Waals surface area contributed by atoms with Gasteiger partial charge in [0.2, 0.25) is 0 Å². The molecule has 0 aliphatic heterocycles. The second-order valence-corrected chi connectivity index (χ2v) is 8.25. The SMILES string of the molecule is CCCCC(CC)COC(=O)CC(C(=O)OCC(CC)CCCC)n1ccnc1C. The van der Waals surface area contributed by atoms with Crippen LogP contribution in [0.25, 0.3) is 0 Å². The second-order valence-electron chi connectivity index (χ2n) is 8.25. The molecular weight excluding hydrogens is 380 g/mol. The maximum absolute atomic E-state index is 12.9. The Morgan fingerprint density at radius 3 is 2.00 bits per heavy atom. The molecule has 0 spiro atoms. The topological polar surface area (TPSA) is 70.4 Å². The second kappa shape index (κ2) is 15.0. The zero-order valence-corrected chi connectivity index (χ0v) is 19.7. The van der Waals surface area contributed by atoms with Gasteiger partial charge in [0.15, 0.2) is 0 Å². The van der Waals surface area contributed by atoms with E-state index in [0.717, 1.165) is 51.4 Å². The molecular formula is C24H42N2O4. The summed E-state index contributed by atoms with van der Waals surface area (Å²) in [5.41, 5.74) is 0. The van der Waals surface area contributed by atoms with Crippen molar-refractivity contribution >= 4 is 11.9 Å². The minimum atomic E-state index is -0.737. The fourth-order valence-electron chi connectivity index (χ4n) is 3.53. The van der Waals surface area contributed by atoms with Crippen LogP contribution >= 0.6 is 0 Å². The molecule has 1 aromatic heterocycles. The maximum Gasteiger partial charge on any atom is 0.329 e. The quantitative estimate of drug-likeness (QED) is 0.322. The van der Waals surface area contributed by atoms with Crippen LogP contribution in [0.3, 0.4) is 0 Å². The lowest BCUT2D eigenvalue weighted by Crippen LogP contribution is -2.28. The number of hydrogen-bond donors (Lipinski definition) is 0. The normalized spacial score (nSPS) is 14.2. The Kier molecular flexibility index (Phi) is 13.1. The molecule has 1 rings (SSSR count). The lowest BCUT2D eigenvalue weighted by atomic mass is 10.0. The Bertz CT molecular complexity index is 614. The van der Waals surface area contributed by atoms with Gasteiger partial charge in [-0.25, -0.2) is 9.78 Å². The van der Waals surface area contributed by atoms with Crippen LogP contribution in [0.15, 0.2) is 12.4 Å². The van der Waals surface area contributed by atoms with Gasteiger partial charge in [-0.2, -0.15) is 0 Å². The van der Waals surface area contributed by atoms with Gasteiger partial charge in [0.25, 0.3) is 0 Å². The summed E-state index contributed by atoms with van der Waals surface area (Å²) in [6, 6.07) is -0.737. The maximum atomic E-state index is 12.9. The number of ether oxygens (including phenoxy) is 2. The van der Waals surface area contributed by atoms with Crippen LogP contribution in [0.2, 0.25) is 0 Å². The molecule has 0 saturated carbocycles. The monoisotopic (exact) mass is 422 g/mol. The van der Waals surface area contributed by atoms with Crippen molar-refractivity contribution in [3.05, 3.63) is 18.2 Å². The molecule has 0 aliphatic carbocycles. The van der Waals surface area contributed by atoms with Crippen LogP contribution in [-0.2, 0) is 19.1 Å². The fourth-order valence-corrected chi connectivity index (χ4v) is 3.53. The largest absolute Gasteiger partial charge is 0.465 e. The number of carbonyl (C=O) groups excluding carboxylic acids is 2. The highest BCUT2D eigenvalue weighted by molar-refractivity contribution is 5.81. The van der Waals surface area contributed by atoms with Crippen LogP contribution in [0.5, 0.6) is 0 Å². The summed E-state index contributed by atoms with van der Waals surface area (Å²) >= 11 is 0. The van der Waals surface area contributed by atoms with E-state index in [-0.39, 0.29) is 18.4 Å². The zero-order chi connectivity index (χ0) is 22.4. The zero-order valence-electron chi connectivity index (χ0n) is 19.7. The van der Waals surface area contributed by atoms with Gasteiger partial charge in [-0.1, -0.05) is 66.2 Å². The van der Waals surface area contributed by atoms with E-state index < -0.39 is 6.04 Å². The summed E-state index contributed by atoms with van der Waals surface area (Å²) in [5.74, 6) is 0.656.